The number of nitrogens with two attached hydrogens (primary N) is 1. The SMILES string of the molecule is CNCCOCCOc1nc(N(C)CC(N)=O)nc(N2CCNCC2)n1. The molecule has 11 heteroatoms. The molecule has 1 aliphatic heterocycles. The number of hydrogen-bond donors (Lipinski definition) is 3. The van der Waals surface area contributed by atoms with Crippen molar-refractivity contribution < 1.29 is 14.3 Å². The minimum atomic E-state index is -0.461. The van der Waals surface area contributed by atoms with Crippen molar-refractivity contribution in [1.82, 2.24) is 25.6 Å². The highest BCUT2D eigenvalue weighted by atomic mass is 16.5. The van der Waals surface area contributed by atoms with E-state index in [1.165, 1.54) is 0 Å². The molecule has 0 unspecified atom stereocenters. The van der Waals surface area contributed by atoms with Crippen molar-refractivity contribution in [1.29, 1.82) is 0 Å². The lowest BCUT2D eigenvalue weighted by atomic mass is 10.4. The number of ether oxygens (including phenoxy) is 2. The zero-order valence-corrected chi connectivity index (χ0v) is 15.4. The van der Waals surface area contributed by atoms with Crippen molar-refractivity contribution in [2.45, 2.75) is 0 Å². The Bertz CT molecular complexity index is 568. The van der Waals surface area contributed by atoms with Crippen LogP contribution in [0.2, 0.25) is 0 Å². The van der Waals surface area contributed by atoms with E-state index in [2.05, 4.69) is 30.5 Å². The quantitative estimate of drug-likeness (QED) is 0.370. The molecule has 0 bridgehead atoms. The molecule has 26 heavy (non-hydrogen) atoms. The molecule has 0 saturated carbocycles. The molecule has 1 aromatic rings. The molecule has 0 spiro atoms. The summed E-state index contributed by atoms with van der Waals surface area (Å²) >= 11 is 0. The van der Waals surface area contributed by atoms with Crippen LogP contribution in [0, 0.1) is 0 Å². The molecule has 0 radical (unpaired) electrons. The smallest absolute Gasteiger partial charge is 0.323 e. The van der Waals surface area contributed by atoms with Crippen molar-refractivity contribution in [3.8, 4) is 6.01 Å². The summed E-state index contributed by atoms with van der Waals surface area (Å²) in [6.45, 7) is 5.44. The standard InChI is InChI=1S/C15H28N8O3/c1-17-5-8-25-9-10-26-15-20-13(22(2)11-12(16)24)19-14(21-15)23-6-3-18-4-7-23/h17-18H,3-11H2,1-2H3,(H2,16,24). The number of aromatic nitrogens is 3. The molecule has 0 aromatic carbocycles. The van der Waals surface area contributed by atoms with Crippen LogP contribution in [-0.4, -0.2) is 94.0 Å². The number of nitrogens with zero attached hydrogens (tertiary/aromatic N) is 5. The van der Waals surface area contributed by atoms with E-state index >= 15 is 0 Å². The van der Waals surface area contributed by atoms with Gasteiger partial charge in [-0.2, -0.15) is 15.0 Å². The van der Waals surface area contributed by atoms with Crippen LogP contribution in [0.1, 0.15) is 0 Å². The van der Waals surface area contributed by atoms with Gasteiger partial charge in [-0.1, -0.05) is 0 Å². The molecular formula is C15H28N8O3. The number of carbonyl (C=O) groups excluding carboxylic acids is 1. The lowest BCUT2D eigenvalue weighted by Gasteiger charge is -2.28. The Kier molecular flexibility index (Phi) is 8.25. The van der Waals surface area contributed by atoms with Crippen LogP contribution < -0.4 is 30.9 Å². The lowest BCUT2D eigenvalue weighted by molar-refractivity contribution is -0.116. The third kappa shape index (κ3) is 6.58. The van der Waals surface area contributed by atoms with Crippen LogP contribution in [-0.2, 0) is 9.53 Å². The van der Waals surface area contributed by atoms with E-state index < -0.39 is 5.91 Å². The zero-order valence-electron chi connectivity index (χ0n) is 15.4. The summed E-state index contributed by atoms with van der Waals surface area (Å²) in [7, 11) is 3.57. The van der Waals surface area contributed by atoms with Gasteiger partial charge in [-0.25, -0.2) is 0 Å². The van der Waals surface area contributed by atoms with Crippen molar-refractivity contribution >= 4 is 17.8 Å². The third-order valence-corrected chi connectivity index (χ3v) is 3.68. The number of piperazine rings is 1. The summed E-state index contributed by atoms with van der Waals surface area (Å²) in [5.74, 6) is 0.411. The van der Waals surface area contributed by atoms with Crippen molar-refractivity contribution in [2.75, 3.05) is 83.0 Å². The number of nitrogens with one attached hydrogen (secondary N) is 2. The predicted molar refractivity (Wildman–Crippen MR) is 97.6 cm³/mol. The molecule has 2 heterocycles. The second-order valence-corrected chi connectivity index (χ2v) is 5.84. The predicted octanol–water partition coefficient (Wildman–Crippen LogP) is -2.18. The fraction of sp³-hybridized carbons (Fsp3) is 0.733. The molecule has 1 amide bonds. The molecule has 1 saturated heterocycles. The van der Waals surface area contributed by atoms with Crippen molar-refractivity contribution in [2.24, 2.45) is 5.73 Å². The van der Waals surface area contributed by atoms with Gasteiger partial charge >= 0.3 is 6.01 Å². The summed E-state index contributed by atoms with van der Waals surface area (Å²) in [6, 6.07) is 0.206. The first-order valence-corrected chi connectivity index (χ1v) is 8.66. The Balaban J connectivity index is 2.05. The number of carbonyl (C=O) groups is 1. The first-order chi connectivity index (χ1) is 12.6. The minimum Gasteiger partial charge on any atom is -0.461 e. The number of hydrogen-bond acceptors (Lipinski definition) is 10. The highest BCUT2D eigenvalue weighted by Gasteiger charge is 2.18. The molecule has 4 N–H and O–H groups in total. The number of anilines is 2. The summed E-state index contributed by atoms with van der Waals surface area (Å²) in [4.78, 5) is 27.9. The van der Waals surface area contributed by atoms with Gasteiger partial charge in [0, 0.05) is 39.8 Å². The zero-order chi connectivity index (χ0) is 18.8. The largest absolute Gasteiger partial charge is 0.461 e. The van der Waals surface area contributed by atoms with Crippen LogP contribution in [0.25, 0.3) is 0 Å². The van der Waals surface area contributed by atoms with Crippen molar-refractivity contribution in [3.05, 3.63) is 0 Å². The molecule has 146 valence electrons. The van der Waals surface area contributed by atoms with Crippen LogP contribution in [0.5, 0.6) is 6.01 Å². The maximum atomic E-state index is 11.2. The number of rotatable bonds is 11. The van der Waals surface area contributed by atoms with Gasteiger partial charge in [-0.15, -0.1) is 0 Å². The second kappa shape index (κ2) is 10.7. The molecule has 11 nitrogen and oxygen atoms in total. The summed E-state index contributed by atoms with van der Waals surface area (Å²) in [6.07, 6.45) is 0. The Morgan fingerprint density at radius 2 is 2.04 bits per heavy atom. The Morgan fingerprint density at radius 1 is 1.27 bits per heavy atom. The van der Waals surface area contributed by atoms with E-state index in [-0.39, 0.29) is 12.6 Å². The van der Waals surface area contributed by atoms with Crippen molar-refractivity contribution in [3.63, 3.8) is 0 Å². The van der Waals surface area contributed by atoms with Gasteiger partial charge in [-0.3, -0.25) is 4.79 Å². The summed E-state index contributed by atoms with van der Waals surface area (Å²) in [5.41, 5.74) is 5.26. The van der Waals surface area contributed by atoms with Crippen LogP contribution in [0.3, 0.4) is 0 Å². The Morgan fingerprint density at radius 3 is 2.73 bits per heavy atom. The topological polar surface area (TPSA) is 131 Å². The van der Waals surface area contributed by atoms with Gasteiger partial charge < -0.3 is 35.6 Å². The minimum absolute atomic E-state index is 0.0115. The van der Waals surface area contributed by atoms with Gasteiger partial charge in [0.05, 0.1) is 19.8 Å². The fourth-order valence-corrected chi connectivity index (χ4v) is 2.35. The molecule has 1 fully saturated rings. The Labute approximate surface area is 153 Å². The highest BCUT2D eigenvalue weighted by molar-refractivity contribution is 5.78. The van der Waals surface area contributed by atoms with Gasteiger partial charge in [-0.05, 0) is 7.05 Å². The number of likely N-dealkylation sites (N-methyl/N-ethyl adjacent to an activating group) is 2. The second-order valence-electron chi connectivity index (χ2n) is 5.84. The molecule has 2 rings (SSSR count). The lowest BCUT2D eigenvalue weighted by Crippen LogP contribution is -2.44. The van der Waals surface area contributed by atoms with Gasteiger partial charge in [0.25, 0.3) is 0 Å². The molecule has 0 atom stereocenters. The van der Waals surface area contributed by atoms with Gasteiger partial charge in [0.1, 0.15) is 6.61 Å². The normalized spacial score (nSPS) is 14.3. The average Bonchev–Trinajstić information content (AvgIpc) is 2.64. The average molecular weight is 368 g/mol. The monoisotopic (exact) mass is 368 g/mol. The molecular weight excluding hydrogens is 340 g/mol. The van der Waals surface area contributed by atoms with Crippen LogP contribution >= 0.6 is 0 Å². The van der Waals surface area contributed by atoms with E-state index in [4.69, 9.17) is 15.2 Å². The van der Waals surface area contributed by atoms with E-state index in [0.29, 0.717) is 31.7 Å². The fourth-order valence-electron chi connectivity index (χ4n) is 2.35. The van der Waals surface area contributed by atoms with E-state index in [0.717, 1.165) is 32.7 Å². The maximum absolute atomic E-state index is 11.2. The van der Waals surface area contributed by atoms with Gasteiger partial charge in [0.2, 0.25) is 17.8 Å². The van der Waals surface area contributed by atoms with Crippen LogP contribution in [0.4, 0.5) is 11.9 Å². The van der Waals surface area contributed by atoms with Gasteiger partial charge in [0.15, 0.2) is 0 Å². The third-order valence-electron chi connectivity index (χ3n) is 3.68. The molecule has 1 aliphatic rings. The summed E-state index contributed by atoms with van der Waals surface area (Å²) in [5, 5.41) is 6.29. The summed E-state index contributed by atoms with van der Waals surface area (Å²) < 4.78 is 11.0. The molecule has 0 aliphatic carbocycles. The highest BCUT2D eigenvalue weighted by Crippen LogP contribution is 2.17. The van der Waals surface area contributed by atoms with E-state index in [1.54, 1.807) is 11.9 Å². The maximum Gasteiger partial charge on any atom is 0.323 e. The van der Waals surface area contributed by atoms with E-state index in [1.807, 2.05) is 7.05 Å². The Hall–Kier alpha value is -2.24. The first-order valence-electron chi connectivity index (χ1n) is 8.66. The van der Waals surface area contributed by atoms with E-state index in [9.17, 15) is 4.79 Å². The first kappa shape index (κ1) is 20.1. The number of primary amides is 1. The number of amides is 1. The molecule has 1 aromatic heterocycles. The van der Waals surface area contributed by atoms with Crippen LogP contribution in [0.15, 0.2) is 0 Å².